The summed E-state index contributed by atoms with van der Waals surface area (Å²) in [5, 5.41) is 0. The van der Waals surface area contributed by atoms with Crippen molar-refractivity contribution >= 4 is 0 Å². The molecule has 2 aliphatic rings. The number of hydrogen-bond acceptors (Lipinski definition) is 1. The standard InChI is InChI=1S/C22H24F3N/c1-14-5-3-6-15(11-14)12-21-18-10-9-17-16(19(18)13-26(21)2)7-4-8-20(17)22(23,24)25/h3-8,11,18-19,21H,9-10,12-13H2,1-2H3. The van der Waals surface area contributed by atoms with Gasteiger partial charge in [-0.3, -0.25) is 0 Å². The van der Waals surface area contributed by atoms with E-state index in [0.29, 0.717) is 23.9 Å². The molecule has 0 saturated carbocycles. The summed E-state index contributed by atoms with van der Waals surface area (Å²) in [6, 6.07) is 13.7. The smallest absolute Gasteiger partial charge is 0.302 e. The van der Waals surface area contributed by atoms with Crippen LogP contribution in [-0.2, 0) is 19.0 Å². The number of fused-ring (bicyclic) bond motifs is 3. The maximum Gasteiger partial charge on any atom is 0.416 e. The molecule has 1 saturated heterocycles. The predicted molar refractivity (Wildman–Crippen MR) is 97.3 cm³/mol. The highest BCUT2D eigenvalue weighted by atomic mass is 19.4. The number of likely N-dealkylation sites (tertiary alicyclic amines) is 1. The summed E-state index contributed by atoms with van der Waals surface area (Å²) < 4.78 is 40.2. The van der Waals surface area contributed by atoms with Gasteiger partial charge in [-0.2, -0.15) is 13.2 Å². The van der Waals surface area contributed by atoms with Crippen molar-refractivity contribution < 1.29 is 13.2 Å². The maximum atomic E-state index is 13.4. The minimum absolute atomic E-state index is 0.209. The lowest BCUT2D eigenvalue weighted by atomic mass is 9.72. The Morgan fingerprint density at radius 2 is 1.88 bits per heavy atom. The van der Waals surface area contributed by atoms with E-state index >= 15 is 0 Å². The normalized spacial score (nSPS) is 25.8. The van der Waals surface area contributed by atoms with Crippen LogP contribution in [0, 0.1) is 12.8 Å². The summed E-state index contributed by atoms with van der Waals surface area (Å²) in [5.74, 6) is 0.636. The molecule has 1 aliphatic heterocycles. The summed E-state index contributed by atoms with van der Waals surface area (Å²) in [6.07, 6.45) is -1.92. The Bertz CT molecular complexity index is 811. The summed E-state index contributed by atoms with van der Waals surface area (Å²) in [6.45, 7) is 2.94. The van der Waals surface area contributed by atoms with Crippen LogP contribution in [0.4, 0.5) is 13.2 Å². The van der Waals surface area contributed by atoms with Gasteiger partial charge in [0.25, 0.3) is 0 Å². The van der Waals surface area contributed by atoms with Crippen molar-refractivity contribution in [3.63, 3.8) is 0 Å². The topological polar surface area (TPSA) is 3.24 Å². The maximum absolute atomic E-state index is 13.4. The molecule has 0 spiro atoms. The van der Waals surface area contributed by atoms with Gasteiger partial charge in [-0.05, 0) is 61.9 Å². The molecule has 4 rings (SSSR count). The molecule has 1 nitrogen and oxygen atoms in total. The van der Waals surface area contributed by atoms with Gasteiger partial charge in [0.1, 0.15) is 0 Å². The molecule has 1 heterocycles. The summed E-state index contributed by atoms with van der Waals surface area (Å²) in [5.41, 5.74) is 3.60. The number of likely N-dealkylation sites (N-methyl/N-ethyl adjacent to an activating group) is 1. The average Bonchev–Trinajstić information content (AvgIpc) is 2.90. The SMILES string of the molecule is Cc1cccc(CC2C3CCc4c(cccc4C(F)(F)F)C3CN2C)c1. The van der Waals surface area contributed by atoms with Gasteiger partial charge in [-0.25, -0.2) is 0 Å². The van der Waals surface area contributed by atoms with Crippen LogP contribution in [-0.4, -0.2) is 24.5 Å². The number of aryl methyl sites for hydroxylation is 1. The lowest BCUT2D eigenvalue weighted by Crippen LogP contribution is -2.33. The molecule has 2 aromatic carbocycles. The van der Waals surface area contributed by atoms with Gasteiger partial charge < -0.3 is 4.90 Å². The minimum Gasteiger partial charge on any atom is -0.302 e. The molecular formula is C22H24F3N. The van der Waals surface area contributed by atoms with Gasteiger partial charge in [0, 0.05) is 18.5 Å². The molecule has 3 atom stereocenters. The fourth-order valence-electron chi connectivity index (χ4n) is 5.09. The fraction of sp³-hybridized carbons (Fsp3) is 0.455. The first-order valence-corrected chi connectivity index (χ1v) is 9.29. The molecule has 4 heteroatoms. The van der Waals surface area contributed by atoms with E-state index in [-0.39, 0.29) is 5.92 Å². The molecule has 1 aliphatic carbocycles. The van der Waals surface area contributed by atoms with E-state index in [9.17, 15) is 13.2 Å². The van der Waals surface area contributed by atoms with Crippen molar-refractivity contribution in [1.82, 2.24) is 4.90 Å². The van der Waals surface area contributed by atoms with E-state index in [1.807, 2.05) is 6.07 Å². The fourth-order valence-corrected chi connectivity index (χ4v) is 5.09. The van der Waals surface area contributed by atoms with Crippen LogP contribution in [0.5, 0.6) is 0 Å². The third-order valence-electron chi connectivity index (χ3n) is 6.23. The Morgan fingerprint density at radius 1 is 1.12 bits per heavy atom. The number of nitrogens with zero attached hydrogens (tertiary/aromatic N) is 1. The summed E-state index contributed by atoms with van der Waals surface area (Å²) in [4.78, 5) is 2.35. The molecule has 0 bridgehead atoms. The predicted octanol–water partition coefficient (Wildman–Crippen LogP) is 5.22. The van der Waals surface area contributed by atoms with Gasteiger partial charge in [0.05, 0.1) is 5.56 Å². The van der Waals surface area contributed by atoms with Gasteiger partial charge >= 0.3 is 6.18 Å². The molecule has 1 fully saturated rings. The molecule has 0 radical (unpaired) electrons. The second-order valence-electron chi connectivity index (χ2n) is 7.88. The average molecular weight is 359 g/mol. The van der Waals surface area contributed by atoms with E-state index in [1.54, 1.807) is 6.07 Å². The van der Waals surface area contributed by atoms with E-state index in [2.05, 4.69) is 43.1 Å². The molecule has 0 N–H and O–H groups in total. The van der Waals surface area contributed by atoms with E-state index in [0.717, 1.165) is 24.9 Å². The third kappa shape index (κ3) is 3.05. The summed E-state index contributed by atoms with van der Waals surface area (Å²) in [7, 11) is 2.12. The molecule has 0 aromatic heterocycles. The van der Waals surface area contributed by atoms with E-state index in [1.165, 1.54) is 17.2 Å². The monoisotopic (exact) mass is 359 g/mol. The van der Waals surface area contributed by atoms with Gasteiger partial charge in [0.15, 0.2) is 0 Å². The lowest BCUT2D eigenvalue weighted by molar-refractivity contribution is -0.138. The van der Waals surface area contributed by atoms with Crippen molar-refractivity contribution in [3.8, 4) is 0 Å². The highest BCUT2D eigenvalue weighted by molar-refractivity contribution is 5.43. The zero-order valence-corrected chi connectivity index (χ0v) is 15.2. The van der Waals surface area contributed by atoms with Gasteiger partial charge in [-0.1, -0.05) is 42.0 Å². The van der Waals surface area contributed by atoms with E-state index < -0.39 is 11.7 Å². The van der Waals surface area contributed by atoms with Crippen LogP contribution in [0.1, 0.15) is 40.2 Å². The van der Waals surface area contributed by atoms with Crippen molar-refractivity contribution in [2.75, 3.05) is 13.6 Å². The molecule has 3 unspecified atom stereocenters. The van der Waals surface area contributed by atoms with Crippen molar-refractivity contribution in [1.29, 1.82) is 0 Å². The Hall–Kier alpha value is -1.81. The van der Waals surface area contributed by atoms with Gasteiger partial charge in [-0.15, -0.1) is 0 Å². The van der Waals surface area contributed by atoms with Crippen molar-refractivity contribution in [2.45, 2.75) is 44.3 Å². The van der Waals surface area contributed by atoms with Crippen LogP contribution in [0.2, 0.25) is 0 Å². The largest absolute Gasteiger partial charge is 0.416 e. The zero-order valence-electron chi connectivity index (χ0n) is 15.2. The first kappa shape index (κ1) is 17.6. The number of benzene rings is 2. The Kier molecular flexibility index (Phi) is 4.34. The summed E-state index contributed by atoms with van der Waals surface area (Å²) >= 11 is 0. The van der Waals surface area contributed by atoms with Crippen LogP contribution >= 0.6 is 0 Å². The minimum atomic E-state index is -4.26. The van der Waals surface area contributed by atoms with Gasteiger partial charge in [0.2, 0.25) is 0 Å². The second kappa shape index (κ2) is 6.41. The number of hydrogen-bond donors (Lipinski definition) is 0. The van der Waals surface area contributed by atoms with Crippen LogP contribution in [0.3, 0.4) is 0 Å². The highest BCUT2D eigenvalue weighted by Gasteiger charge is 2.45. The number of rotatable bonds is 2. The quantitative estimate of drug-likeness (QED) is 0.711. The Morgan fingerprint density at radius 3 is 2.62 bits per heavy atom. The van der Waals surface area contributed by atoms with E-state index in [4.69, 9.17) is 0 Å². The number of alkyl halides is 3. The molecule has 0 amide bonds. The highest BCUT2D eigenvalue weighted by Crippen LogP contribution is 2.48. The van der Waals surface area contributed by atoms with Crippen molar-refractivity contribution in [2.24, 2.45) is 5.92 Å². The third-order valence-corrected chi connectivity index (χ3v) is 6.23. The molecule has 138 valence electrons. The van der Waals surface area contributed by atoms with Crippen LogP contribution < -0.4 is 0 Å². The first-order chi connectivity index (χ1) is 12.3. The van der Waals surface area contributed by atoms with Crippen LogP contribution in [0.25, 0.3) is 0 Å². The molecule has 26 heavy (non-hydrogen) atoms. The molecular weight excluding hydrogens is 335 g/mol. The zero-order chi connectivity index (χ0) is 18.5. The van der Waals surface area contributed by atoms with Crippen molar-refractivity contribution in [3.05, 3.63) is 70.3 Å². The Balaban J connectivity index is 1.64. The lowest BCUT2D eigenvalue weighted by Gasteiger charge is -2.33. The van der Waals surface area contributed by atoms with Crippen LogP contribution in [0.15, 0.2) is 42.5 Å². The number of halogens is 3. The second-order valence-corrected chi connectivity index (χ2v) is 7.88. The molecule has 2 aromatic rings. The Labute approximate surface area is 152 Å². The first-order valence-electron chi connectivity index (χ1n) is 9.29.